The first-order valence-electron chi connectivity index (χ1n) is 3.68. The third-order valence-corrected chi connectivity index (χ3v) is 1.55. The molecular formula is C9H8N2O. The van der Waals surface area contributed by atoms with E-state index in [1.54, 1.807) is 24.9 Å². The van der Waals surface area contributed by atoms with Gasteiger partial charge in [0.25, 0.3) is 0 Å². The first-order valence-corrected chi connectivity index (χ1v) is 3.68. The molecule has 0 saturated carbocycles. The van der Waals surface area contributed by atoms with Crippen LogP contribution in [0.4, 0.5) is 0 Å². The Morgan fingerprint density at radius 3 is 2.92 bits per heavy atom. The van der Waals surface area contributed by atoms with Crippen LogP contribution in [0.3, 0.4) is 0 Å². The van der Waals surface area contributed by atoms with Gasteiger partial charge in [-0.1, -0.05) is 0 Å². The summed E-state index contributed by atoms with van der Waals surface area (Å²) in [5.74, 6) is 0.617. The summed E-state index contributed by atoms with van der Waals surface area (Å²) in [4.78, 5) is 8.06. The van der Waals surface area contributed by atoms with Crippen LogP contribution in [0.2, 0.25) is 0 Å². The van der Waals surface area contributed by atoms with E-state index in [1.807, 2.05) is 13.0 Å². The molecule has 0 aliphatic rings. The second kappa shape index (κ2) is 2.77. The Balaban J connectivity index is 2.48. The van der Waals surface area contributed by atoms with Crippen molar-refractivity contribution < 1.29 is 4.42 Å². The smallest absolute Gasteiger partial charge is 0.227 e. The molecule has 2 rings (SSSR count). The second-order valence-corrected chi connectivity index (χ2v) is 2.59. The highest BCUT2D eigenvalue weighted by atomic mass is 16.3. The van der Waals surface area contributed by atoms with Crippen LogP contribution in [-0.4, -0.2) is 9.97 Å². The lowest BCUT2D eigenvalue weighted by Crippen LogP contribution is -1.81. The minimum absolute atomic E-state index is 0.617. The van der Waals surface area contributed by atoms with Crippen molar-refractivity contribution in [2.75, 3.05) is 0 Å². The quantitative estimate of drug-likeness (QED) is 0.640. The van der Waals surface area contributed by atoms with Gasteiger partial charge in [-0.05, 0) is 18.6 Å². The maximum atomic E-state index is 5.12. The molecular weight excluding hydrogens is 152 g/mol. The van der Waals surface area contributed by atoms with Crippen molar-refractivity contribution in [3.05, 3.63) is 36.5 Å². The van der Waals surface area contributed by atoms with Crippen molar-refractivity contribution in [1.29, 1.82) is 0 Å². The normalized spacial score (nSPS) is 10.1. The molecule has 0 aliphatic carbocycles. The van der Waals surface area contributed by atoms with Gasteiger partial charge in [-0.2, -0.15) is 0 Å². The fourth-order valence-electron chi connectivity index (χ4n) is 1.04. The number of aryl methyl sites for hydroxylation is 1. The lowest BCUT2D eigenvalue weighted by atomic mass is 10.2. The van der Waals surface area contributed by atoms with Crippen LogP contribution >= 0.6 is 0 Å². The molecule has 0 aliphatic heterocycles. The van der Waals surface area contributed by atoms with Crippen LogP contribution in [0.15, 0.2) is 35.3 Å². The first-order chi connectivity index (χ1) is 5.86. The maximum absolute atomic E-state index is 5.12. The molecule has 0 atom stereocenters. The number of rotatable bonds is 1. The molecule has 3 heteroatoms. The molecule has 2 aromatic rings. The van der Waals surface area contributed by atoms with E-state index in [-0.39, 0.29) is 0 Å². The standard InChI is InChI=1S/C9H8N2O/c1-7-4-8(6-10-5-7)9-11-2-3-12-9/h2-6H,1H3. The van der Waals surface area contributed by atoms with E-state index in [4.69, 9.17) is 4.42 Å². The minimum atomic E-state index is 0.617. The molecule has 0 spiro atoms. The number of oxazole rings is 1. The molecule has 2 aromatic heterocycles. The molecule has 0 unspecified atom stereocenters. The molecule has 3 nitrogen and oxygen atoms in total. The van der Waals surface area contributed by atoms with E-state index in [0.717, 1.165) is 11.1 Å². The van der Waals surface area contributed by atoms with Crippen molar-refractivity contribution in [2.24, 2.45) is 0 Å². The van der Waals surface area contributed by atoms with Crippen molar-refractivity contribution in [3.8, 4) is 11.5 Å². The third-order valence-electron chi connectivity index (χ3n) is 1.55. The van der Waals surface area contributed by atoms with Gasteiger partial charge in [0.2, 0.25) is 5.89 Å². The number of hydrogen-bond donors (Lipinski definition) is 0. The highest BCUT2D eigenvalue weighted by molar-refractivity contribution is 5.51. The van der Waals surface area contributed by atoms with Gasteiger partial charge in [-0.15, -0.1) is 0 Å². The Labute approximate surface area is 70.1 Å². The fraction of sp³-hybridized carbons (Fsp3) is 0.111. The zero-order valence-electron chi connectivity index (χ0n) is 6.69. The minimum Gasteiger partial charge on any atom is -0.444 e. The summed E-state index contributed by atoms with van der Waals surface area (Å²) in [7, 11) is 0. The lowest BCUT2D eigenvalue weighted by Gasteiger charge is -1.94. The molecule has 12 heavy (non-hydrogen) atoms. The van der Waals surface area contributed by atoms with Crippen LogP contribution in [-0.2, 0) is 0 Å². The lowest BCUT2D eigenvalue weighted by molar-refractivity contribution is 0.574. The summed E-state index contributed by atoms with van der Waals surface area (Å²) in [5.41, 5.74) is 2.02. The monoisotopic (exact) mass is 160 g/mol. The molecule has 0 radical (unpaired) electrons. The van der Waals surface area contributed by atoms with Crippen LogP contribution < -0.4 is 0 Å². The number of nitrogens with zero attached hydrogens (tertiary/aromatic N) is 2. The maximum Gasteiger partial charge on any atom is 0.227 e. The molecule has 0 amide bonds. The van der Waals surface area contributed by atoms with E-state index >= 15 is 0 Å². The van der Waals surface area contributed by atoms with E-state index in [0.29, 0.717) is 5.89 Å². The van der Waals surface area contributed by atoms with E-state index in [1.165, 1.54) is 0 Å². The summed E-state index contributed by atoms with van der Waals surface area (Å²) in [6, 6.07) is 1.98. The Hall–Kier alpha value is -1.64. The largest absolute Gasteiger partial charge is 0.444 e. The van der Waals surface area contributed by atoms with Gasteiger partial charge in [0.05, 0.1) is 11.8 Å². The Morgan fingerprint density at radius 1 is 1.33 bits per heavy atom. The first kappa shape index (κ1) is 7.03. The van der Waals surface area contributed by atoms with Gasteiger partial charge in [0.1, 0.15) is 6.26 Å². The van der Waals surface area contributed by atoms with Gasteiger partial charge < -0.3 is 4.42 Å². The Bertz CT molecular complexity index is 368. The topological polar surface area (TPSA) is 38.9 Å². The molecule has 0 saturated heterocycles. The van der Waals surface area contributed by atoms with Crippen LogP contribution in [0.1, 0.15) is 5.56 Å². The average molecular weight is 160 g/mol. The van der Waals surface area contributed by atoms with Gasteiger partial charge in [0.15, 0.2) is 0 Å². The molecule has 60 valence electrons. The highest BCUT2D eigenvalue weighted by Gasteiger charge is 2.01. The predicted molar refractivity (Wildman–Crippen MR) is 44.5 cm³/mol. The van der Waals surface area contributed by atoms with Crippen molar-refractivity contribution in [3.63, 3.8) is 0 Å². The van der Waals surface area contributed by atoms with Crippen molar-refractivity contribution in [2.45, 2.75) is 6.92 Å². The number of pyridine rings is 1. The summed E-state index contributed by atoms with van der Waals surface area (Å²) in [6.45, 7) is 1.99. The number of hydrogen-bond acceptors (Lipinski definition) is 3. The molecule has 2 heterocycles. The SMILES string of the molecule is Cc1cncc(-c2ncco2)c1. The summed E-state index contributed by atoms with van der Waals surface area (Å²) in [5, 5.41) is 0. The van der Waals surface area contributed by atoms with Gasteiger partial charge in [-0.25, -0.2) is 4.98 Å². The van der Waals surface area contributed by atoms with E-state index in [2.05, 4.69) is 9.97 Å². The van der Waals surface area contributed by atoms with Gasteiger partial charge in [0, 0.05) is 12.4 Å². The summed E-state index contributed by atoms with van der Waals surface area (Å²) >= 11 is 0. The average Bonchev–Trinajstić information content (AvgIpc) is 2.56. The molecule has 0 bridgehead atoms. The fourth-order valence-corrected chi connectivity index (χ4v) is 1.04. The van der Waals surface area contributed by atoms with Crippen molar-refractivity contribution >= 4 is 0 Å². The zero-order chi connectivity index (χ0) is 8.39. The predicted octanol–water partition coefficient (Wildman–Crippen LogP) is 2.05. The zero-order valence-corrected chi connectivity index (χ0v) is 6.69. The summed E-state index contributed by atoms with van der Waals surface area (Å²) < 4.78 is 5.12. The highest BCUT2D eigenvalue weighted by Crippen LogP contribution is 2.15. The van der Waals surface area contributed by atoms with E-state index < -0.39 is 0 Å². The second-order valence-electron chi connectivity index (χ2n) is 2.59. The molecule has 0 N–H and O–H groups in total. The van der Waals surface area contributed by atoms with Gasteiger partial charge in [-0.3, -0.25) is 4.98 Å². The Kier molecular flexibility index (Phi) is 1.63. The molecule has 0 aromatic carbocycles. The van der Waals surface area contributed by atoms with Crippen LogP contribution in [0, 0.1) is 6.92 Å². The molecule has 0 fully saturated rings. The van der Waals surface area contributed by atoms with E-state index in [9.17, 15) is 0 Å². The van der Waals surface area contributed by atoms with Crippen molar-refractivity contribution in [1.82, 2.24) is 9.97 Å². The van der Waals surface area contributed by atoms with Crippen LogP contribution in [0.25, 0.3) is 11.5 Å². The summed E-state index contributed by atoms with van der Waals surface area (Å²) in [6.07, 6.45) is 6.71. The Morgan fingerprint density at radius 2 is 2.25 bits per heavy atom. The van der Waals surface area contributed by atoms with Crippen LogP contribution in [0.5, 0.6) is 0 Å². The third kappa shape index (κ3) is 1.21. The van der Waals surface area contributed by atoms with Gasteiger partial charge >= 0.3 is 0 Å². The number of aromatic nitrogens is 2.